The van der Waals surface area contributed by atoms with Crippen LogP contribution in [0.1, 0.15) is 13.3 Å². The van der Waals surface area contributed by atoms with Crippen LogP contribution in [-0.2, 0) is 4.79 Å². The maximum atomic E-state index is 13.4. The quantitative estimate of drug-likeness (QED) is 0.850. The van der Waals surface area contributed by atoms with Gasteiger partial charge in [0.15, 0.2) is 0 Å². The van der Waals surface area contributed by atoms with E-state index in [-0.39, 0.29) is 23.7 Å². The van der Waals surface area contributed by atoms with Crippen molar-refractivity contribution in [1.29, 1.82) is 0 Å². The second-order valence-electron chi connectivity index (χ2n) is 4.58. The first-order chi connectivity index (χ1) is 8.58. The summed E-state index contributed by atoms with van der Waals surface area (Å²) in [4.78, 5) is 13.8. The number of nitrogens with one attached hydrogen (secondary N) is 1. The van der Waals surface area contributed by atoms with Crippen molar-refractivity contribution in [3.63, 3.8) is 0 Å². The number of hydrogen-bond donors (Lipinski definition) is 2. The van der Waals surface area contributed by atoms with Gasteiger partial charge in [0.2, 0.25) is 5.91 Å². The number of anilines is 1. The minimum Gasteiger partial charge on any atom is -0.392 e. The lowest BCUT2D eigenvalue weighted by atomic mass is 10.2. The Labute approximate surface area is 105 Å². The Hall–Kier alpha value is -1.46. The molecule has 2 atom stereocenters. The number of benzene rings is 1. The SMILES string of the molecule is CC(C(=O)Nc1ccccc1F)N1CC[C@H](O)C1. The molecule has 2 N–H and O–H groups in total. The Balaban J connectivity index is 1.98. The molecule has 1 aromatic carbocycles. The van der Waals surface area contributed by atoms with E-state index in [9.17, 15) is 14.3 Å². The number of rotatable bonds is 3. The predicted octanol–water partition coefficient (Wildman–Crippen LogP) is 1.22. The molecule has 98 valence electrons. The summed E-state index contributed by atoms with van der Waals surface area (Å²) in [5, 5.41) is 12.0. The normalized spacial score (nSPS) is 21.8. The fraction of sp³-hybridized carbons (Fsp3) is 0.462. The van der Waals surface area contributed by atoms with Crippen molar-refractivity contribution in [1.82, 2.24) is 4.90 Å². The number of aliphatic hydroxyl groups is 1. The fourth-order valence-electron chi connectivity index (χ4n) is 2.09. The number of aliphatic hydroxyl groups excluding tert-OH is 1. The minimum absolute atomic E-state index is 0.189. The Kier molecular flexibility index (Phi) is 3.93. The lowest BCUT2D eigenvalue weighted by Crippen LogP contribution is -2.41. The van der Waals surface area contributed by atoms with E-state index in [1.54, 1.807) is 19.1 Å². The van der Waals surface area contributed by atoms with E-state index in [0.29, 0.717) is 19.5 Å². The molecule has 5 heteroatoms. The van der Waals surface area contributed by atoms with Crippen LogP contribution in [0.2, 0.25) is 0 Å². The highest BCUT2D eigenvalue weighted by Gasteiger charge is 2.28. The lowest BCUT2D eigenvalue weighted by Gasteiger charge is -2.22. The van der Waals surface area contributed by atoms with E-state index >= 15 is 0 Å². The van der Waals surface area contributed by atoms with Crippen LogP contribution >= 0.6 is 0 Å². The number of likely N-dealkylation sites (tertiary alicyclic amines) is 1. The molecule has 1 heterocycles. The Morgan fingerprint density at radius 1 is 1.56 bits per heavy atom. The van der Waals surface area contributed by atoms with Crippen molar-refractivity contribution in [3.8, 4) is 0 Å². The van der Waals surface area contributed by atoms with Crippen molar-refractivity contribution in [2.45, 2.75) is 25.5 Å². The van der Waals surface area contributed by atoms with Crippen LogP contribution in [-0.4, -0.2) is 41.1 Å². The largest absolute Gasteiger partial charge is 0.392 e. The maximum absolute atomic E-state index is 13.4. The van der Waals surface area contributed by atoms with E-state index in [4.69, 9.17) is 0 Å². The summed E-state index contributed by atoms with van der Waals surface area (Å²) in [6.45, 7) is 2.94. The molecule has 0 saturated carbocycles. The minimum atomic E-state index is -0.445. The number of hydrogen-bond acceptors (Lipinski definition) is 3. The van der Waals surface area contributed by atoms with Crippen molar-refractivity contribution < 1.29 is 14.3 Å². The van der Waals surface area contributed by atoms with Crippen molar-refractivity contribution >= 4 is 11.6 Å². The van der Waals surface area contributed by atoms with E-state index in [1.165, 1.54) is 12.1 Å². The zero-order valence-corrected chi connectivity index (χ0v) is 10.3. The predicted molar refractivity (Wildman–Crippen MR) is 66.7 cm³/mol. The number of β-amino-alcohol motifs (C(OH)–C–C–N with tert-alkyl or cyclic N) is 1. The molecule has 1 unspecified atom stereocenters. The van der Waals surface area contributed by atoms with E-state index < -0.39 is 5.82 Å². The van der Waals surface area contributed by atoms with Crippen molar-refractivity contribution in [2.75, 3.05) is 18.4 Å². The van der Waals surface area contributed by atoms with Gasteiger partial charge in [-0.3, -0.25) is 9.69 Å². The Bertz CT molecular complexity index is 439. The van der Waals surface area contributed by atoms with Crippen LogP contribution in [0.4, 0.5) is 10.1 Å². The molecule has 0 bridgehead atoms. The number of halogens is 1. The molecule has 4 nitrogen and oxygen atoms in total. The topological polar surface area (TPSA) is 52.6 Å². The first-order valence-corrected chi connectivity index (χ1v) is 6.05. The van der Waals surface area contributed by atoms with Gasteiger partial charge in [-0.15, -0.1) is 0 Å². The van der Waals surface area contributed by atoms with Crippen LogP contribution in [0.25, 0.3) is 0 Å². The van der Waals surface area contributed by atoms with E-state index in [1.807, 2.05) is 4.90 Å². The Morgan fingerprint density at radius 2 is 2.28 bits per heavy atom. The zero-order valence-electron chi connectivity index (χ0n) is 10.3. The van der Waals surface area contributed by atoms with Gasteiger partial charge in [0.1, 0.15) is 5.82 Å². The van der Waals surface area contributed by atoms with Crippen LogP contribution in [0.15, 0.2) is 24.3 Å². The fourth-order valence-corrected chi connectivity index (χ4v) is 2.09. The molecule has 1 fully saturated rings. The monoisotopic (exact) mass is 252 g/mol. The van der Waals surface area contributed by atoms with Gasteiger partial charge in [-0.2, -0.15) is 0 Å². The Morgan fingerprint density at radius 3 is 2.89 bits per heavy atom. The molecule has 0 radical (unpaired) electrons. The summed E-state index contributed by atoms with van der Waals surface area (Å²) in [5.74, 6) is -0.700. The van der Waals surface area contributed by atoms with Crippen molar-refractivity contribution in [2.24, 2.45) is 0 Å². The molecule has 0 spiro atoms. The van der Waals surface area contributed by atoms with Gasteiger partial charge in [0.05, 0.1) is 17.8 Å². The highest BCUT2D eigenvalue weighted by molar-refractivity contribution is 5.94. The van der Waals surface area contributed by atoms with Gasteiger partial charge >= 0.3 is 0 Å². The van der Waals surface area contributed by atoms with E-state index in [0.717, 1.165) is 0 Å². The zero-order chi connectivity index (χ0) is 13.1. The third kappa shape index (κ3) is 2.86. The number of para-hydroxylation sites is 1. The van der Waals surface area contributed by atoms with E-state index in [2.05, 4.69) is 5.32 Å². The third-order valence-electron chi connectivity index (χ3n) is 3.25. The number of carbonyl (C=O) groups excluding carboxylic acids is 1. The summed E-state index contributed by atoms with van der Waals surface area (Å²) in [6, 6.07) is 5.70. The summed E-state index contributed by atoms with van der Waals surface area (Å²) in [7, 11) is 0. The van der Waals surface area contributed by atoms with Crippen LogP contribution < -0.4 is 5.32 Å². The van der Waals surface area contributed by atoms with Gasteiger partial charge in [0.25, 0.3) is 0 Å². The molecule has 1 saturated heterocycles. The molecule has 2 rings (SSSR count). The summed E-state index contributed by atoms with van der Waals surface area (Å²) in [5.41, 5.74) is 0.189. The molecule has 0 aliphatic carbocycles. The van der Waals surface area contributed by atoms with Gasteiger partial charge in [-0.25, -0.2) is 4.39 Å². The number of carbonyl (C=O) groups is 1. The average Bonchev–Trinajstić information content (AvgIpc) is 2.78. The number of amides is 1. The van der Waals surface area contributed by atoms with Crippen LogP contribution in [0, 0.1) is 5.82 Å². The van der Waals surface area contributed by atoms with Crippen LogP contribution in [0.5, 0.6) is 0 Å². The van der Waals surface area contributed by atoms with Crippen LogP contribution in [0.3, 0.4) is 0 Å². The molecule has 1 aromatic rings. The highest BCUT2D eigenvalue weighted by atomic mass is 19.1. The first kappa shape index (κ1) is 13.0. The number of nitrogens with zero attached hydrogens (tertiary/aromatic N) is 1. The molecular formula is C13H17FN2O2. The molecule has 1 aliphatic heterocycles. The average molecular weight is 252 g/mol. The van der Waals surface area contributed by atoms with Gasteiger partial charge < -0.3 is 10.4 Å². The van der Waals surface area contributed by atoms with Crippen molar-refractivity contribution in [3.05, 3.63) is 30.1 Å². The molecule has 0 aromatic heterocycles. The van der Waals surface area contributed by atoms with Gasteiger partial charge in [0, 0.05) is 13.1 Å². The molecule has 1 amide bonds. The lowest BCUT2D eigenvalue weighted by molar-refractivity contribution is -0.120. The molecule has 18 heavy (non-hydrogen) atoms. The molecule has 1 aliphatic rings. The third-order valence-corrected chi connectivity index (χ3v) is 3.25. The standard InChI is InChI=1S/C13H17FN2O2/c1-9(16-7-6-10(17)8-16)13(18)15-12-5-3-2-4-11(12)14/h2-5,9-10,17H,6-8H2,1H3,(H,15,18)/t9?,10-/m0/s1. The van der Waals surface area contributed by atoms with Gasteiger partial charge in [-0.1, -0.05) is 12.1 Å². The summed E-state index contributed by atoms with van der Waals surface area (Å²) < 4.78 is 13.4. The maximum Gasteiger partial charge on any atom is 0.241 e. The highest BCUT2D eigenvalue weighted by Crippen LogP contribution is 2.16. The second-order valence-corrected chi connectivity index (χ2v) is 4.58. The molecular weight excluding hydrogens is 235 g/mol. The smallest absolute Gasteiger partial charge is 0.241 e. The summed E-state index contributed by atoms with van der Waals surface area (Å²) >= 11 is 0. The van der Waals surface area contributed by atoms with Gasteiger partial charge in [-0.05, 0) is 25.5 Å². The summed E-state index contributed by atoms with van der Waals surface area (Å²) in [6.07, 6.45) is 0.311. The second kappa shape index (κ2) is 5.46. The first-order valence-electron chi connectivity index (χ1n) is 6.05.